The van der Waals surface area contributed by atoms with Crippen molar-refractivity contribution < 1.29 is 23.9 Å². The van der Waals surface area contributed by atoms with E-state index in [1.54, 1.807) is 12.3 Å². The second-order valence-electron chi connectivity index (χ2n) is 8.74. The third-order valence-electron chi connectivity index (χ3n) is 5.79. The number of esters is 1. The zero-order valence-electron chi connectivity index (χ0n) is 20.5. The van der Waals surface area contributed by atoms with Gasteiger partial charge in [-0.2, -0.15) is 0 Å². The normalized spacial score (nSPS) is 17.5. The minimum atomic E-state index is -0.493. The molecule has 0 unspecified atom stereocenters. The molecule has 0 aliphatic heterocycles. The Morgan fingerprint density at radius 2 is 1.77 bits per heavy atom. The van der Waals surface area contributed by atoms with Crippen LogP contribution in [0.4, 0.5) is 4.79 Å². The number of urea groups is 1. The van der Waals surface area contributed by atoms with Gasteiger partial charge in [0.1, 0.15) is 29.6 Å². The Morgan fingerprint density at radius 3 is 2.43 bits per heavy atom. The maximum atomic E-state index is 12.8. The van der Waals surface area contributed by atoms with Gasteiger partial charge in [0.05, 0.1) is 12.6 Å². The molecule has 1 heterocycles. The van der Waals surface area contributed by atoms with Gasteiger partial charge in [0.25, 0.3) is 5.91 Å². The lowest BCUT2D eigenvalue weighted by molar-refractivity contribution is -0.141. The van der Waals surface area contributed by atoms with Crippen LogP contribution in [0.3, 0.4) is 0 Å². The smallest absolute Gasteiger partial charge is 0.325 e. The van der Waals surface area contributed by atoms with E-state index in [0.29, 0.717) is 16.6 Å². The fraction of sp³-hybridized carbons (Fsp3) is 0.520. The van der Waals surface area contributed by atoms with Gasteiger partial charge < -0.3 is 25.4 Å². The number of nitrogens with zero attached hydrogens (tertiary/aromatic N) is 1. The molecule has 1 aromatic carbocycles. The summed E-state index contributed by atoms with van der Waals surface area (Å²) in [6.45, 7) is 6.34. The van der Waals surface area contributed by atoms with E-state index < -0.39 is 12.0 Å². The van der Waals surface area contributed by atoms with Crippen LogP contribution in [0.25, 0.3) is 0 Å². The summed E-state index contributed by atoms with van der Waals surface area (Å²) < 4.78 is 10.6. The van der Waals surface area contributed by atoms with Crippen LogP contribution >= 0.6 is 11.3 Å². The number of ether oxygens (including phenoxy) is 2. The van der Waals surface area contributed by atoms with E-state index in [2.05, 4.69) is 34.8 Å². The average Bonchev–Trinajstić information content (AvgIpc) is 3.32. The topological polar surface area (TPSA) is 119 Å². The van der Waals surface area contributed by atoms with Crippen LogP contribution in [0.2, 0.25) is 0 Å². The third kappa shape index (κ3) is 8.24. The van der Waals surface area contributed by atoms with Gasteiger partial charge >= 0.3 is 12.0 Å². The second-order valence-corrected chi connectivity index (χ2v) is 9.68. The number of hydrogen-bond acceptors (Lipinski definition) is 7. The molecule has 3 rings (SSSR count). The van der Waals surface area contributed by atoms with Crippen LogP contribution in [-0.2, 0) is 16.1 Å². The summed E-state index contributed by atoms with van der Waals surface area (Å²) in [5.41, 5.74) is 1.58. The number of carbonyl (C=O) groups is 3. The predicted molar refractivity (Wildman–Crippen MR) is 134 cm³/mol. The van der Waals surface area contributed by atoms with E-state index in [-0.39, 0.29) is 37.7 Å². The van der Waals surface area contributed by atoms with Crippen LogP contribution in [0.1, 0.15) is 73.4 Å². The van der Waals surface area contributed by atoms with Gasteiger partial charge in [-0.15, -0.1) is 11.3 Å². The molecule has 2 atom stereocenters. The molecule has 35 heavy (non-hydrogen) atoms. The molecule has 0 bridgehead atoms. The van der Waals surface area contributed by atoms with Crippen LogP contribution in [0, 0.1) is 0 Å². The summed E-state index contributed by atoms with van der Waals surface area (Å²) in [6, 6.07) is 7.07. The van der Waals surface area contributed by atoms with E-state index in [1.807, 2.05) is 24.3 Å². The maximum absolute atomic E-state index is 12.8. The van der Waals surface area contributed by atoms with Gasteiger partial charge in [-0.3, -0.25) is 9.59 Å². The summed E-state index contributed by atoms with van der Waals surface area (Å²) in [4.78, 5) is 40.9. The average molecular weight is 503 g/mol. The van der Waals surface area contributed by atoms with Crippen molar-refractivity contribution in [3.05, 3.63) is 45.9 Å². The van der Waals surface area contributed by atoms with Gasteiger partial charge in [-0.1, -0.05) is 38.8 Å². The minimum absolute atomic E-state index is 0.199. The first-order chi connectivity index (χ1) is 16.9. The van der Waals surface area contributed by atoms with Gasteiger partial charge in [-0.05, 0) is 43.4 Å². The second kappa shape index (κ2) is 13.1. The Kier molecular flexibility index (Phi) is 9.89. The first-order valence-corrected chi connectivity index (χ1v) is 12.9. The molecule has 1 aliphatic rings. The van der Waals surface area contributed by atoms with E-state index >= 15 is 0 Å². The number of amides is 3. The molecule has 1 saturated carbocycles. The highest BCUT2D eigenvalue weighted by Gasteiger charge is 2.29. The number of aromatic nitrogens is 1. The van der Waals surface area contributed by atoms with E-state index in [1.165, 1.54) is 16.9 Å². The molecule has 3 N–H and O–H groups in total. The first-order valence-electron chi connectivity index (χ1n) is 12.0. The van der Waals surface area contributed by atoms with Crippen molar-refractivity contribution in [1.82, 2.24) is 20.9 Å². The fourth-order valence-corrected chi connectivity index (χ4v) is 4.56. The Balaban J connectivity index is 1.49. The van der Waals surface area contributed by atoms with Gasteiger partial charge in [0, 0.05) is 11.4 Å². The molecule has 1 fully saturated rings. The summed E-state index contributed by atoms with van der Waals surface area (Å²) in [5.74, 6) is 0.446. The lowest BCUT2D eigenvalue weighted by Crippen LogP contribution is -2.55. The Bertz CT molecular complexity index is 992. The molecular formula is C25H34N4O5S. The lowest BCUT2D eigenvalue weighted by Gasteiger charge is -2.32. The third-order valence-corrected chi connectivity index (χ3v) is 6.61. The highest BCUT2D eigenvalue weighted by molar-refractivity contribution is 7.09. The predicted octanol–water partition coefficient (Wildman–Crippen LogP) is 3.75. The van der Waals surface area contributed by atoms with Crippen LogP contribution in [0.15, 0.2) is 29.6 Å². The van der Waals surface area contributed by atoms with Crippen molar-refractivity contribution >= 4 is 29.2 Å². The molecular weight excluding hydrogens is 468 g/mol. The zero-order valence-corrected chi connectivity index (χ0v) is 21.3. The number of carbonyl (C=O) groups excluding carboxylic acids is 3. The Hall–Kier alpha value is -3.14. The molecule has 0 spiro atoms. The number of hydrogen-bond donors (Lipinski definition) is 3. The highest BCUT2D eigenvalue weighted by atomic mass is 32.1. The highest BCUT2D eigenvalue weighted by Crippen LogP contribution is 2.21. The van der Waals surface area contributed by atoms with Crippen LogP contribution < -0.4 is 20.7 Å². The Labute approximate surface area is 210 Å². The number of rotatable bonds is 10. The minimum Gasteiger partial charge on any atom is -0.486 e. The monoisotopic (exact) mass is 502 g/mol. The van der Waals surface area contributed by atoms with Gasteiger partial charge in [0.2, 0.25) is 0 Å². The van der Waals surface area contributed by atoms with Gasteiger partial charge in [0.15, 0.2) is 0 Å². The SMILES string of the molecule is CCOC(=O)CNC(=O)N[C@@H]1CCCC[C@H]1NC(=O)c1csc(COc2ccc(C(C)C)cc2)n1. The molecule has 2 aromatic rings. The van der Waals surface area contributed by atoms with E-state index in [4.69, 9.17) is 9.47 Å². The zero-order chi connectivity index (χ0) is 25.2. The molecule has 0 saturated heterocycles. The number of thiazole rings is 1. The summed E-state index contributed by atoms with van der Waals surface area (Å²) in [6.07, 6.45) is 3.40. The van der Waals surface area contributed by atoms with Crippen molar-refractivity contribution in [1.29, 1.82) is 0 Å². The molecule has 1 aromatic heterocycles. The Morgan fingerprint density at radius 1 is 1.09 bits per heavy atom. The van der Waals surface area contributed by atoms with Crippen molar-refractivity contribution in [2.24, 2.45) is 0 Å². The summed E-state index contributed by atoms with van der Waals surface area (Å²) >= 11 is 1.37. The molecule has 0 radical (unpaired) electrons. The first kappa shape index (κ1) is 26.5. The number of benzene rings is 1. The quantitative estimate of drug-likeness (QED) is 0.426. The van der Waals surface area contributed by atoms with Crippen molar-refractivity contribution in [2.75, 3.05) is 13.2 Å². The molecule has 190 valence electrons. The largest absolute Gasteiger partial charge is 0.486 e. The molecule has 9 nitrogen and oxygen atoms in total. The summed E-state index contributed by atoms with van der Waals surface area (Å²) in [5, 5.41) is 10.8. The molecule has 3 amide bonds. The standard InChI is InChI=1S/C25H34N4O5S/c1-4-33-23(30)13-26-25(32)29-20-8-6-5-7-19(20)28-24(31)21-15-35-22(27-21)14-34-18-11-9-17(10-12-18)16(2)3/h9-12,15-16,19-20H,4-8,13-14H2,1-3H3,(H,28,31)(H2,26,29,32)/t19-,20-/m1/s1. The maximum Gasteiger partial charge on any atom is 0.325 e. The van der Waals surface area contributed by atoms with Gasteiger partial charge in [-0.25, -0.2) is 9.78 Å². The van der Waals surface area contributed by atoms with E-state index in [0.717, 1.165) is 31.4 Å². The van der Waals surface area contributed by atoms with Crippen LogP contribution in [0.5, 0.6) is 5.75 Å². The molecule has 10 heteroatoms. The fourth-order valence-electron chi connectivity index (χ4n) is 3.88. The van der Waals surface area contributed by atoms with Crippen molar-refractivity contribution in [2.45, 2.75) is 71.1 Å². The van der Waals surface area contributed by atoms with E-state index in [9.17, 15) is 14.4 Å². The number of nitrogens with one attached hydrogen (secondary N) is 3. The molecule has 1 aliphatic carbocycles. The summed E-state index contributed by atoms with van der Waals surface area (Å²) in [7, 11) is 0. The van der Waals surface area contributed by atoms with Crippen LogP contribution in [-0.4, -0.2) is 48.1 Å². The lowest BCUT2D eigenvalue weighted by atomic mass is 9.90. The van der Waals surface area contributed by atoms with Crippen molar-refractivity contribution in [3.63, 3.8) is 0 Å². The van der Waals surface area contributed by atoms with Crippen molar-refractivity contribution in [3.8, 4) is 5.75 Å².